The van der Waals surface area contributed by atoms with Crippen LogP contribution in [-0.4, -0.2) is 11.3 Å². The van der Waals surface area contributed by atoms with Crippen molar-refractivity contribution in [3.63, 3.8) is 0 Å². The molecule has 0 amide bonds. The zero-order valence-corrected chi connectivity index (χ0v) is 10.8. The molecule has 0 bridgehead atoms. The van der Waals surface area contributed by atoms with E-state index in [1.54, 1.807) is 0 Å². The van der Waals surface area contributed by atoms with E-state index >= 15 is 0 Å². The fourth-order valence-corrected chi connectivity index (χ4v) is 2.24. The summed E-state index contributed by atoms with van der Waals surface area (Å²) in [5, 5.41) is -0.873. The topological polar surface area (TPSA) is 17.1 Å². The van der Waals surface area contributed by atoms with E-state index in [1.807, 2.05) is 0 Å². The fraction of sp³-hybridized carbons (Fsp3) is 0.300. The van der Waals surface area contributed by atoms with Gasteiger partial charge in [0.25, 0.3) is 0 Å². The fourth-order valence-electron chi connectivity index (χ4n) is 1.16. The van der Waals surface area contributed by atoms with Gasteiger partial charge in [0.05, 0.1) is 0 Å². The Morgan fingerprint density at radius 2 is 1.94 bits per heavy atom. The van der Waals surface area contributed by atoms with Gasteiger partial charge in [0, 0.05) is 9.92 Å². The van der Waals surface area contributed by atoms with Crippen molar-refractivity contribution >= 4 is 40.7 Å². The number of carbonyl (C=O) groups is 1. The Bertz CT molecular complexity index is 434. The molecule has 0 heterocycles. The number of alkyl halides is 4. The molecule has 0 aliphatic rings. The summed E-state index contributed by atoms with van der Waals surface area (Å²) in [6.45, 7) is 1.26. The van der Waals surface area contributed by atoms with E-state index in [4.69, 9.17) is 23.2 Å². The first-order valence-corrected chi connectivity index (χ1v) is 6.03. The molecule has 17 heavy (non-hydrogen) atoms. The quantitative estimate of drug-likeness (QED) is 0.588. The molecule has 0 aromatic heterocycles. The summed E-state index contributed by atoms with van der Waals surface area (Å²) >= 11 is 11.1. The van der Waals surface area contributed by atoms with E-state index in [0.717, 1.165) is 0 Å². The molecule has 94 valence electrons. The molecule has 1 nitrogen and oxygen atoms in total. The molecule has 0 aliphatic heterocycles. The number of carbonyl (C=O) groups excluding carboxylic acids is 1. The van der Waals surface area contributed by atoms with Crippen molar-refractivity contribution in [2.75, 3.05) is 0 Å². The average Bonchev–Trinajstić information content (AvgIpc) is 2.12. The number of hydrogen-bond acceptors (Lipinski definition) is 2. The lowest BCUT2D eigenvalue weighted by atomic mass is 10.1. The molecule has 0 saturated carbocycles. The Balaban J connectivity index is 3.06. The summed E-state index contributed by atoms with van der Waals surface area (Å²) in [5.41, 5.74) is -4.14. The van der Waals surface area contributed by atoms with Gasteiger partial charge in [0.1, 0.15) is 5.38 Å². The first kappa shape index (κ1) is 14.7. The molecular weight excluding hydrogens is 296 g/mol. The maximum absolute atomic E-state index is 12.2. The molecule has 0 spiro atoms. The zero-order valence-electron chi connectivity index (χ0n) is 8.52. The highest BCUT2D eigenvalue weighted by Crippen LogP contribution is 2.39. The Labute approximate surface area is 110 Å². The normalized spacial score (nSPS) is 13.5. The van der Waals surface area contributed by atoms with Gasteiger partial charge < -0.3 is 0 Å². The Morgan fingerprint density at radius 3 is 2.41 bits per heavy atom. The Morgan fingerprint density at radius 1 is 1.35 bits per heavy atom. The molecule has 1 atom stereocenters. The SMILES string of the molecule is CC(=O)C(Cl)c1cc(Cl)cc(SC(F)(F)F)c1. The number of halogens is 5. The standard InChI is InChI=1S/C10H7Cl2F3OS/c1-5(16)9(12)6-2-7(11)4-8(3-6)17-10(13,14)15/h2-4,9H,1H3. The highest BCUT2D eigenvalue weighted by molar-refractivity contribution is 8.00. The third kappa shape index (κ3) is 4.77. The average molecular weight is 303 g/mol. The monoisotopic (exact) mass is 302 g/mol. The van der Waals surface area contributed by atoms with Crippen molar-refractivity contribution in [3.05, 3.63) is 28.8 Å². The molecule has 1 aromatic carbocycles. The minimum Gasteiger partial charge on any atom is -0.298 e. The van der Waals surface area contributed by atoms with Crippen molar-refractivity contribution in [2.24, 2.45) is 0 Å². The van der Waals surface area contributed by atoms with E-state index in [1.165, 1.54) is 25.1 Å². The Hall–Kier alpha value is -0.390. The van der Waals surface area contributed by atoms with Crippen LogP contribution in [0, 0.1) is 0 Å². The smallest absolute Gasteiger partial charge is 0.298 e. The second kappa shape index (κ2) is 5.50. The van der Waals surface area contributed by atoms with Crippen LogP contribution in [0.2, 0.25) is 5.02 Å². The van der Waals surface area contributed by atoms with Gasteiger partial charge in [-0.2, -0.15) is 13.2 Å². The van der Waals surface area contributed by atoms with Gasteiger partial charge in [-0.1, -0.05) is 11.6 Å². The van der Waals surface area contributed by atoms with Crippen LogP contribution in [0.25, 0.3) is 0 Å². The summed E-state index contributed by atoms with van der Waals surface area (Å²) in [6, 6.07) is 3.76. The van der Waals surface area contributed by atoms with E-state index in [2.05, 4.69) is 0 Å². The lowest BCUT2D eigenvalue weighted by molar-refractivity contribution is -0.116. The highest BCUT2D eigenvalue weighted by atomic mass is 35.5. The number of thioether (sulfide) groups is 1. The second-order valence-corrected chi connectivity index (χ2v) is 5.25. The van der Waals surface area contributed by atoms with Crippen LogP contribution in [-0.2, 0) is 4.79 Å². The van der Waals surface area contributed by atoms with E-state index < -0.39 is 10.9 Å². The van der Waals surface area contributed by atoms with E-state index in [-0.39, 0.29) is 33.0 Å². The number of rotatable bonds is 3. The van der Waals surface area contributed by atoms with Crippen molar-refractivity contribution in [1.82, 2.24) is 0 Å². The molecule has 7 heteroatoms. The molecule has 1 aromatic rings. The first-order chi connectivity index (χ1) is 7.69. The van der Waals surface area contributed by atoms with E-state index in [0.29, 0.717) is 0 Å². The molecule has 1 rings (SSSR count). The molecular formula is C10H7Cl2F3OS. The number of hydrogen-bond donors (Lipinski definition) is 0. The maximum Gasteiger partial charge on any atom is 0.446 e. The van der Waals surface area contributed by atoms with Crippen molar-refractivity contribution in [3.8, 4) is 0 Å². The molecule has 0 radical (unpaired) electrons. The molecule has 0 saturated heterocycles. The van der Waals surface area contributed by atoms with Crippen LogP contribution in [0.3, 0.4) is 0 Å². The van der Waals surface area contributed by atoms with Crippen LogP contribution >= 0.6 is 35.0 Å². The molecule has 1 unspecified atom stereocenters. The number of ketones is 1. The van der Waals surface area contributed by atoms with Crippen molar-refractivity contribution < 1.29 is 18.0 Å². The van der Waals surface area contributed by atoms with Gasteiger partial charge in [0.2, 0.25) is 0 Å². The van der Waals surface area contributed by atoms with Crippen molar-refractivity contribution in [2.45, 2.75) is 22.7 Å². The third-order valence-corrected chi connectivity index (χ3v) is 3.26. The predicted octanol–water partition coefficient (Wildman–Crippen LogP) is 4.82. The van der Waals surface area contributed by atoms with E-state index in [9.17, 15) is 18.0 Å². The third-order valence-electron chi connectivity index (χ3n) is 1.78. The van der Waals surface area contributed by atoms with Crippen LogP contribution < -0.4 is 0 Å². The van der Waals surface area contributed by atoms with Crippen LogP contribution in [0.1, 0.15) is 17.9 Å². The van der Waals surface area contributed by atoms with Crippen molar-refractivity contribution in [1.29, 1.82) is 0 Å². The maximum atomic E-state index is 12.2. The van der Waals surface area contributed by atoms with Crippen LogP contribution in [0.15, 0.2) is 23.1 Å². The minimum absolute atomic E-state index is 0.0908. The number of benzene rings is 1. The summed E-state index contributed by atoms with van der Waals surface area (Å²) in [5.74, 6) is -0.350. The minimum atomic E-state index is -4.40. The molecule has 0 N–H and O–H groups in total. The summed E-state index contributed by atoms with van der Waals surface area (Å²) in [4.78, 5) is 11.0. The van der Waals surface area contributed by atoms with Gasteiger partial charge in [-0.15, -0.1) is 11.6 Å². The first-order valence-electron chi connectivity index (χ1n) is 4.40. The Kier molecular flexibility index (Phi) is 4.75. The van der Waals surface area contributed by atoms with Gasteiger partial charge in [-0.05, 0) is 42.4 Å². The van der Waals surface area contributed by atoms with Gasteiger partial charge in [-0.25, -0.2) is 0 Å². The zero-order chi connectivity index (χ0) is 13.2. The van der Waals surface area contributed by atoms with Crippen LogP contribution in [0.4, 0.5) is 13.2 Å². The second-order valence-electron chi connectivity index (χ2n) is 3.24. The highest BCUT2D eigenvalue weighted by Gasteiger charge is 2.29. The lowest BCUT2D eigenvalue weighted by Gasteiger charge is -2.10. The van der Waals surface area contributed by atoms with Gasteiger partial charge >= 0.3 is 5.51 Å². The largest absolute Gasteiger partial charge is 0.446 e. The van der Waals surface area contributed by atoms with Gasteiger partial charge in [-0.3, -0.25) is 4.79 Å². The van der Waals surface area contributed by atoms with Crippen LogP contribution in [0.5, 0.6) is 0 Å². The molecule has 0 aliphatic carbocycles. The molecule has 0 fully saturated rings. The summed E-state index contributed by atoms with van der Waals surface area (Å²) in [7, 11) is 0. The number of Topliss-reactive ketones (excluding diaryl/α,β-unsaturated/α-hetero) is 1. The predicted molar refractivity (Wildman–Crippen MR) is 62.6 cm³/mol. The summed E-state index contributed by atoms with van der Waals surface area (Å²) < 4.78 is 36.6. The van der Waals surface area contributed by atoms with Gasteiger partial charge in [0.15, 0.2) is 5.78 Å². The summed E-state index contributed by atoms with van der Waals surface area (Å²) in [6.07, 6.45) is 0. The lowest BCUT2D eigenvalue weighted by Crippen LogP contribution is -2.03.